The molecular weight excluding hydrogens is 226 g/mol. The van der Waals surface area contributed by atoms with Gasteiger partial charge in [0.15, 0.2) is 5.82 Å². The van der Waals surface area contributed by atoms with Crippen LogP contribution >= 0.6 is 0 Å². The first-order valence-electron chi connectivity index (χ1n) is 6.29. The van der Waals surface area contributed by atoms with Crippen LogP contribution < -0.4 is 5.73 Å². The highest BCUT2D eigenvalue weighted by molar-refractivity contribution is 5.58. The van der Waals surface area contributed by atoms with Crippen LogP contribution in [0.4, 0.5) is 0 Å². The van der Waals surface area contributed by atoms with E-state index < -0.39 is 0 Å². The standard InChI is InChI=1S/C14H17N3O/c1-9-4-5-11(10(2)8-9)12-16-13(17-18-12)14(15)6-3-7-14/h4-5,8H,3,6-7,15H2,1-2H3. The number of aromatic nitrogens is 2. The molecule has 4 nitrogen and oxygen atoms in total. The van der Waals surface area contributed by atoms with E-state index in [9.17, 15) is 0 Å². The van der Waals surface area contributed by atoms with Crippen LogP contribution in [0.5, 0.6) is 0 Å². The predicted molar refractivity (Wildman–Crippen MR) is 68.9 cm³/mol. The molecule has 1 aliphatic rings. The second-order valence-corrected chi connectivity index (χ2v) is 5.25. The molecule has 1 aromatic heterocycles. The summed E-state index contributed by atoms with van der Waals surface area (Å²) in [6, 6.07) is 6.18. The van der Waals surface area contributed by atoms with Crippen molar-refractivity contribution < 1.29 is 4.52 Å². The molecule has 2 aromatic rings. The van der Waals surface area contributed by atoms with Gasteiger partial charge in [0.2, 0.25) is 0 Å². The Balaban J connectivity index is 1.97. The van der Waals surface area contributed by atoms with Gasteiger partial charge in [0.25, 0.3) is 5.89 Å². The highest BCUT2D eigenvalue weighted by Gasteiger charge is 2.39. The Morgan fingerprint density at radius 2 is 2.06 bits per heavy atom. The number of aryl methyl sites for hydroxylation is 2. The lowest BCUT2D eigenvalue weighted by Crippen LogP contribution is -2.44. The summed E-state index contributed by atoms with van der Waals surface area (Å²) >= 11 is 0. The van der Waals surface area contributed by atoms with Crippen LogP contribution in [0.1, 0.15) is 36.2 Å². The molecule has 18 heavy (non-hydrogen) atoms. The number of nitrogens with zero attached hydrogens (tertiary/aromatic N) is 2. The van der Waals surface area contributed by atoms with E-state index in [0.29, 0.717) is 11.7 Å². The van der Waals surface area contributed by atoms with Crippen molar-refractivity contribution in [2.75, 3.05) is 0 Å². The molecule has 0 aliphatic heterocycles. The first kappa shape index (κ1) is 11.4. The highest BCUT2D eigenvalue weighted by Crippen LogP contribution is 2.37. The van der Waals surface area contributed by atoms with Gasteiger partial charge in [-0.15, -0.1) is 0 Å². The quantitative estimate of drug-likeness (QED) is 0.880. The van der Waals surface area contributed by atoms with Crippen molar-refractivity contribution in [3.05, 3.63) is 35.2 Å². The number of rotatable bonds is 2. The molecule has 2 N–H and O–H groups in total. The van der Waals surface area contributed by atoms with Gasteiger partial charge < -0.3 is 10.3 Å². The Labute approximate surface area is 106 Å². The van der Waals surface area contributed by atoms with Crippen molar-refractivity contribution in [3.8, 4) is 11.5 Å². The number of benzene rings is 1. The van der Waals surface area contributed by atoms with Crippen LogP contribution in [0.15, 0.2) is 22.7 Å². The molecule has 0 spiro atoms. The monoisotopic (exact) mass is 243 g/mol. The van der Waals surface area contributed by atoms with E-state index in [4.69, 9.17) is 10.3 Å². The Kier molecular flexibility index (Phi) is 2.48. The third kappa shape index (κ3) is 1.73. The second-order valence-electron chi connectivity index (χ2n) is 5.25. The van der Waals surface area contributed by atoms with Crippen molar-refractivity contribution in [1.29, 1.82) is 0 Å². The molecule has 1 saturated carbocycles. The Morgan fingerprint density at radius 3 is 2.67 bits per heavy atom. The lowest BCUT2D eigenvalue weighted by atomic mass is 9.77. The van der Waals surface area contributed by atoms with Crippen LogP contribution in [0, 0.1) is 13.8 Å². The van der Waals surface area contributed by atoms with E-state index in [1.165, 1.54) is 5.56 Å². The minimum atomic E-state index is -0.361. The maximum Gasteiger partial charge on any atom is 0.258 e. The number of hydrogen-bond donors (Lipinski definition) is 1. The molecule has 0 saturated heterocycles. The molecule has 0 bridgehead atoms. The molecule has 1 heterocycles. The summed E-state index contributed by atoms with van der Waals surface area (Å²) in [5.74, 6) is 1.21. The van der Waals surface area contributed by atoms with Gasteiger partial charge in [-0.25, -0.2) is 0 Å². The van der Waals surface area contributed by atoms with Crippen molar-refractivity contribution >= 4 is 0 Å². The lowest BCUT2D eigenvalue weighted by Gasteiger charge is -2.34. The van der Waals surface area contributed by atoms with Gasteiger partial charge in [-0.3, -0.25) is 0 Å². The Bertz CT molecular complexity index is 584. The SMILES string of the molecule is Cc1ccc(-c2nc(C3(N)CCC3)no2)c(C)c1. The normalized spacial score (nSPS) is 17.5. The third-order valence-corrected chi connectivity index (χ3v) is 3.73. The maximum atomic E-state index is 6.19. The smallest absolute Gasteiger partial charge is 0.258 e. The molecule has 0 unspecified atom stereocenters. The topological polar surface area (TPSA) is 64.9 Å². The minimum Gasteiger partial charge on any atom is -0.334 e. The van der Waals surface area contributed by atoms with E-state index in [1.807, 2.05) is 19.1 Å². The van der Waals surface area contributed by atoms with Crippen LogP contribution in [-0.4, -0.2) is 10.1 Å². The van der Waals surface area contributed by atoms with Crippen molar-refractivity contribution in [1.82, 2.24) is 10.1 Å². The second kappa shape index (κ2) is 3.92. The zero-order valence-electron chi connectivity index (χ0n) is 10.7. The van der Waals surface area contributed by atoms with Crippen molar-refractivity contribution in [3.63, 3.8) is 0 Å². The van der Waals surface area contributed by atoms with Gasteiger partial charge in [-0.1, -0.05) is 22.9 Å². The fraction of sp³-hybridized carbons (Fsp3) is 0.429. The summed E-state index contributed by atoms with van der Waals surface area (Å²) in [4.78, 5) is 4.46. The fourth-order valence-electron chi connectivity index (χ4n) is 2.37. The average Bonchev–Trinajstić information content (AvgIpc) is 2.75. The number of nitrogens with two attached hydrogens (primary N) is 1. The average molecular weight is 243 g/mol. The molecule has 94 valence electrons. The van der Waals surface area contributed by atoms with Crippen LogP contribution in [0.2, 0.25) is 0 Å². The van der Waals surface area contributed by atoms with E-state index in [-0.39, 0.29) is 5.54 Å². The van der Waals surface area contributed by atoms with E-state index >= 15 is 0 Å². The summed E-state index contributed by atoms with van der Waals surface area (Å²) in [5, 5.41) is 4.04. The Hall–Kier alpha value is -1.68. The molecule has 0 radical (unpaired) electrons. The van der Waals surface area contributed by atoms with Gasteiger partial charge in [0, 0.05) is 5.56 Å². The lowest BCUT2D eigenvalue weighted by molar-refractivity contribution is 0.229. The molecular formula is C14H17N3O. The van der Waals surface area contributed by atoms with Crippen LogP contribution in [0.25, 0.3) is 11.5 Å². The summed E-state index contributed by atoms with van der Waals surface area (Å²) in [6.45, 7) is 4.12. The first-order valence-corrected chi connectivity index (χ1v) is 6.29. The van der Waals surface area contributed by atoms with E-state index in [0.717, 1.165) is 30.4 Å². The zero-order valence-corrected chi connectivity index (χ0v) is 10.7. The van der Waals surface area contributed by atoms with Gasteiger partial charge in [0.1, 0.15) is 0 Å². The van der Waals surface area contributed by atoms with Gasteiger partial charge >= 0.3 is 0 Å². The molecule has 1 aromatic carbocycles. The molecule has 1 aliphatic carbocycles. The predicted octanol–water partition coefficient (Wildman–Crippen LogP) is 2.69. The van der Waals surface area contributed by atoms with Crippen molar-refractivity contribution in [2.24, 2.45) is 5.73 Å². The molecule has 0 amide bonds. The summed E-state index contributed by atoms with van der Waals surface area (Å²) in [5.41, 5.74) is 9.19. The van der Waals surface area contributed by atoms with Gasteiger partial charge in [-0.05, 0) is 44.7 Å². The van der Waals surface area contributed by atoms with Gasteiger partial charge in [-0.2, -0.15) is 4.98 Å². The third-order valence-electron chi connectivity index (χ3n) is 3.73. The fourth-order valence-corrected chi connectivity index (χ4v) is 2.37. The summed E-state index contributed by atoms with van der Waals surface area (Å²) < 4.78 is 5.35. The largest absolute Gasteiger partial charge is 0.334 e. The highest BCUT2D eigenvalue weighted by atomic mass is 16.5. The summed E-state index contributed by atoms with van der Waals surface area (Å²) in [6.07, 6.45) is 3.03. The zero-order chi connectivity index (χ0) is 12.8. The molecule has 3 rings (SSSR count). The van der Waals surface area contributed by atoms with E-state index in [1.54, 1.807) is 0 Å². The molecule has 1 fully saturated rings. The molecule has 0 atom stereocenters. The molecule has 4 heteroatoms. The van der Waals surface area contributed by atoms with Gasteiger partial charge in [0.05, 0.1) is 5.54 Å². The summed E-state index contributed by atoms with van der Waals surface area (Å²) in [7, 11) is 0. The van der Waals surface area contributed by atoms with E-state index in [2.05, 4.69) is 23.1 Å². The number of hydrogen-bond acceptors (Lipinski definition) is 4. The minimum absolute atomic E-state index is 0.361. The van der Waals surface area contributed by atoms with Crippen molar-refractivity contribution in [2.45, 2.75) is 38.6 Å². The van der Waals surface area contributed by atoms with Crippen LogP contribution in [0.3, 0.4) is 0 Å². The first-order chi connectivity index (χ1) is 8.58. The Morgan fingerprint density at radius 1 is 1.28 bits per heavy atom. The van der Waals surface area contributed by atoms with Crippen LogP contribution in [-0.2, 0) is 5.54 Å². The maximum absolute atomic E-state index is 6.19.